The first-order valence-electron chi connectivity index (χ1n) is 10.2. The van der Waals surface area contributed by atoms with Gasteiger partial charge in [-0.1, -0.05) is 18.2 Å². The van der Waals surface area contributed by atoms with Crippen molar-refractivity contribution in [3.8, 4) is 0 Å². The van der Waals surface area contributed by atoms with Crippen molar-refractivity contribution in [2.45, 2.75) is 38.4 Å². The Bertz CT molecular complexity index is 874. The lowest BCUT2D eigenvalue weighted by Crippen LogP contribution is -2.39. The van der Waals surface area contributed by atoms with Crippen LogP contribution in [0.3, 0.4) is 0 Å². The molecule has 1 aromatic carbocycles. The summed E-state index contributed by atoms with van der Waals surface area (Å²) in [5.74, 6) is 1.82. The van der Waals surface area contributed by atoms with Crippen LogP contribution in [-0.4, -0.2) is 51.2 Å². The predicted molar refractivity (Wildman–Crippen MR) is 115 cm³/mol. The van der Waals surface area contributed by atoms with Crippen LogP contribution in [0.2, 0.25) is 0 Å². The van der Waals surface area contributed by atoms with E-state index in [1.165, 1.54) is 17.8 Å². The summed E-state index contributed by atoms with van der Waals surface area (Å²) in [6, 6.07) is 6.87. The molecule has 1 amide bonds. The Morgan fingerprint density at radius 1 is 1.31 bits per heavy atom. The highest BCUT2D eigenvalue weighted by molar-refractivity contribution is 7.99. The molecule has 0 unspecified atom stereocenters. The molecule has 2 aromatic rings. The van der Waals surface area contributed by atoms with E-state index in [2.05, 4.69) is 11.9 Å². The third kappa shape index (κ3) is 4.56. The number of carbonyl (C=O) groups excluding carboxylic acids is 1. The number of allylic oxidation sites excluding steroid dienone is 1. The number of nitrogens with one attached hydrogen (secondary N) is 1. The summed E-state index contributed by atoms with van der Waals surface area (Å²) in [6.45, 7) is 6.73. The van der Waals surface area contributed by atoms with Crippen LogP contribution in [0.5, 0.6) is 0 Å². The number of nitrogens with zero attached hydrogens (tertiary/aromatic N) is 3. The van der Waals surface area contributed by atoms with Crippen molar-refractivity contribution < 1.29 is 9.18 Å². The number of rotatable bonds is 6. The Hall–Kier alpha value is -2.12. The van der Waals surface area contributed by atoms with Crippen molar-refractivity contribution >= 4 is 17.7 Å². The lowest BCUT2D eigenvalue weighted by molar-refractivity contribution is 0.0764. The molecule has 4 rings (SSSR count). The normalized spacial score (nSPS) is 19.1. The second kappa shape index (κ2) is 9.13. The van der Waals surface area contributed by atoms with Gasteiger partial charge in [0.15, 0.2) is 5.69 Å². The van der Waals surface area contributed by atoms with Crippen LogP contribution in [0.15, 0.2) is 36.9 Å². The molecular weight excluding hydrogens is 387 g/mol. The summed E-state index contributed by atoms with van der Waals surface area (Å²) in [5, 5.41) is 8.27. The summed E-state index contributed by atoms with van der Waals surface area (Å²) in [4.78, 5) is 15.1. The minimum atomic E-state index is -0.218. The van der Waals surface area contributed by atoms with Crippen LogP contribution in [0.4, 0.5) is 4.39 Å². The Morgan fingerprint density at radius 3 is 2.79 bits per heavy atom. The zero-order valence-electron chi connectivity index (χ0n) is 16.6. The largest absolute Gasteiger partial charge is 0.336 e. The molecular formula is C22H27FN4OS. The van der Waals surface area contributed by atoms with Gasteiger partial charge in [0.25, 0.3) is 5.91 Å². The molecule has 5 nitrogen and oxygen atoms in total. The van der Waals surface area contributed by atoms with Gasteiger partial charge < -0.3 is 10.2 Å². The molecule has 2 aliphatic rings. The fourth-order valence-corrected chi connectivity index (χ4v) is 4.99. The maximum Gasteiger partial charge on any atom is 0.274 e. The number of fused-ring (bicyclic) bond motifs is 1. The number of halogens is 1. The molecule has 154 valence electrons. The van der Waals surface area contributed by atoms with Crippen LogP contribution in [0.25, 0.3) is 0 Å². The van der Waals surface area contributed by atoms with E-state index >= 15 is 0 Å². The van der Waals surface area contributed by atoms with Crippen molar-refractivity contribution in [1.29, 1.82) is 0 Å². The van der Waals surface area contributed by atoms with Crippen molar-refractivity contribution in [1.82, 2.24) is 20.0 Å². The molecule has 29 heavy (non-hydrogen) atoms. The van der Waals surface area contributed by atoms with Gasteiger partial charge in [-0.2, -0.15) is 16.9 Å². The fraction of sp³-hybridized carbons (Fsp3) is 0.455. The quantitative estimate of drug-likeness (QED) is 0.739. The number of carbonyl (C=O) groups is 1. The molecule has 0 radical (unpaired) electrons. The first-order valence-corrected chi connectivity index (χ1v) is 11.4. The molecule has 0 saturated carbocycles. The number of aromatic nitrogens is 2. The second-order valence-corrected chi connectivity index (χ2v) is 8.82. The van der Waals surface area contributed by atoms with Gasteiger partial charge in [0.1, 0.15) is 5.82 Å². The van der Waals surface area contributed by atoms with Gasteiger partial charge in [0.2, 0.25) is 0 Å². The van der Waals surface area contributed by atoms with Gasteiger partial charge in [-0.15, -0.1) is 6.58 Å². The molecule has 1 N–H and O–H groups in total. The van der Waals surface area contributed by atoms with Crippen LogP contribution in [-0.2, 0) is 25.9 Å². The van der Waals surface area contributed by atoms with Crippen LogP contribution < -0.4 is 5.32 Å². The summed E-state index contributed by atoms with van der Waals surface area (Å²) in [7, 11) is 0. The van der Waals surface area contributed by atoms with Crippen LogP contribution >= 0.6 is 11.8 Å². The molecule has 0 bridgehead atoms. The lowest BCUT2D eigenvalue weighted by atomic mass is 9.91. The van der Waals surface area contributed by atoms with Gasteiger partial charge in [-0.05, 0) is 37.0 Å². The maximum atomic E-state index is 13.2. The van der Waals surface area contributed by atoms with Crippen molar-refractivity contribution in [3.05, 3.63) is 65.3 Å². The zero-order chi connectivity index (χ0) is 20.2. The number of amides is 1. The van der Waals surface area contributed by atoms with Crippen molar-refractivity contribution in [2.24, 2.45) is 0 Å². The molecule has 0 spiro atoms. The summed E-state index contributed by atoms with van der Waals surface area (Å²) in [6.07, 6.45) is 4.50. The van der Waals surface area contributed by atoms with Gasteiger partial charge in [0.05, 0.1) is 6.54 Å². The average Bonchev–Trinajstić information content (AvgIpc) is 3.11. The molecule has 1 aliphatic carbocycles. The summed E-state index contributed by atoms with van der Waals surface area (Å²) >= 11 is 1.89. The van der Waals surface area contributed by atoms with Crippen LogP contribution in [0, 0.1) is 5.82 Å². The Labute approximate surface area is 175 Å². The minimum absolute atomic E-state index is 0.0588. The first kappa shape index (κ1) is 20.2. The minimum Gasteiger partial charge on any atom is -0.336 e. The Kier molecular flexibility index (Phi) is 6.35. The third-order valence-corrected chi connectivity index (χ3v) is 6.60. The molecule has 1 atom stereocenters. The first-order chi connectivity index (χ1) is 14.2. The smallest absolute Gasteiger partial charge is 0.274 e. The average molecular weight is 415 g/mol. The molecule has 1 aromatic heterocycles. The predicted octanol–water partition coefficient (Wildman–Crippen LogP) is 3.04. The SMILES string of the molecule is C=CCn1nc(C(=O)N2CCSCC2)c2c1CC[C@@H](NCc1ccc(F)cc1)C2. The molecule has 2 heterocycles. The van der Waals surface area contributed by atoms with E-state index in [1.807, 2.05) is 39.6 Å². The van der Waals surface area contributed by atoms with E-state index in [0.717, 1.165) is 55.0 Å². The van der Waals surface area contributed by atoms with E-state index < -0.39 is 0 Å². The number of hydrogen-bond acceptors (Lipinski definition) is 4. The molecule has 1 fully saturated rings. The van der Waals surface area contributed by atoms with Gasteiger partial charge >= 0.3 is 0 Å². The zero-order valence-corrected chi connectivity index (χ0v) is 17.4. The van der Waals surface area contributed by atoms with Crippen LogP contribution in [0.1, 0.15) is 33.7 Å². The van der Waals surface area contributed by atoms with E-state index in [0.29, 0.717) is 18.8 Å². The van der Waals surface area contributed by atoms with E-state index in [1.54, 1.807) is 0 Å². The van der Waals surface area contributed by atoms with Gasteiger partial charge in [-0.25, -0.2) is 4.39 Å². The maximum absolute atomic E-state index is 13.2. The summed E-state index contributed by atoms with van der Waals surface area (Å²) in [5.41, 5.74) is 3.92. The number of hydrogen-bond donors (Lipinski definition) is 1. The lowest BCUT2D eigenvalue weighted by Gasteiger charge is -2.27. The fourth-order valence-electron chi connectivity index (χ4n) is 4.09. The number of benzene rings is 1. The van der Waals surface area contributed by atoms with E-state index in [4.69, 9.17) is 5.10 Å². The molecule has 7 heteroatoms. The van der Waals surface area contributed by atoms with E-state index in [9.17, 15) is 9.18 Å². The Morgan fingerprint density at radius 2 is 2.07 bits per heavy atom. The Balaban J connectivity index is 1.51. The standard InChI is InChI=1S/C22H27FN4OS/c1-2-9-27-20-8-7-18(24-15-16-3-5-17(23)6-4-16)14-19(20)21(25-27)22(28)26-10-12-29-13-11-26/h2-6,18,24H,1,7-15H2/t18-/m1/s1. The van der Waals surface area contributed by atoms with Gasteiger partial charge in [0, 0.05) is 48.4 Å². The molecule has 1 aliphatic heterocycles. The third-order valence-electron chi connectivity index (χ3n) is 5.66. The second-order valence-electron chi connectivity index (χ2n) is 7.60. The van der Waals surface area contributed by atoms with Gasteiger partial charge in [-0.3, -0.25) is 9.48 Å². The monoisotopic (exact) mass is 414 g/mol. The highest BCUT2D eigenvalue weighted by Gasteiger charge is 2.31. The molecule has 1 saturated heterocycles. The highest BCUT2D eigenvalue weighted by atomic mass is 32.2. The van der Waals surface area contributed by atoms with Crippen molar-refractivity contribution in [2.75, 3.05) is 24.6 Å². The van der Waals surface area contributed by atoms with E-state index in [-0.39, 0.29) is 17.8 Å². The topological polar surface area (TPSA) is 50.2 Å². The number of thioether (sulfide) groups is 1. The summed E-state index contributed by atoms with van der Waals surface area (Å²) < 4.78 is 15.1. The highest BCUT2D eigenvalue weighted by Crippen LogP contribution is 2.27. The van der Waals surface area contributed by atoms with Crippen molar-refractivity contribution in [3.63, 3.8) is 0 Å².